The summed E-state index contributed by atoms with van der Waals surface area (Å²) in [6.45, 7) is 0.510. The Morgan fingerprint density at radius 3 is 2.83 bits per heavy atom. The molecule has 1 aliphatic heterocycles. The van der Waals surface area contributed by atoms with E-state index in [2.05, 4.69) is 11.4 Å². The summed E-state index contributed by atoms with van der Waals surface area (Å²) in [5.41, 5.74) is 0.641. The van der Waals surface area contributed by atoms with Crippen molar-refractivity contribution in [3.05, 3.63) is 63.3 Å². The van der Waals surface area contributed by atoms with E-state index in [1.165, 1.54) is 11.8 Å². The van der Waals surface area contributed by atoms with E-state index in [0.29, 0.717) is 29.4 Å². The molecule has 1 N–H and O–H groups in total. The lowest BCUT2D eigenvalue weighted by Crippen LogP contribution is -2.30. The SMILES string of the molecule is N#CC1=C(SCCOc2ccccc2)NC(=O)C[C@@H]1c1cccs1. The van der Waals surface area contributed by atoms with Crippen LogP contribution in [-0.2, 0) is 4.79 Å². The molecule has 0 spiro atoms. The van der Waals surface area contributed by atoms with Crippen molar-refractivity contribution in [1.82, 2.24) is 5.32 Å². The third kappa shape index (κ3) is 3.99. The Hall–Kier alpha value is -2.23. The molecule has 1 aromatic carbocycles. The number of allylic oxidation sites excluding steroid dienone is 1. The van der Waals surface area contributed by atoms with Gasteiger partial charge < -0.3 is 10.1 Å². The maximum Gasteiger partial charge on any atom is 0.225 e. The number of hydrogen-bond acceptors (Lipinski definition) is 5. The van der Waals surface area contributed by atoms with E-state index < -0.39 is 0 Å². The fourth-order valence-electron chi connectivity index (χ4n) is 2.49. The molecule has 1 aliphatic rings. The normalized spacial score (nSPS) is 17.3. The summed E-state index contributed by atoms with van der Waals surface area (Å²) >= 11 is 3.04. The van der Waals surface area contributed by atoms with E-state index in [1.807, 2.05) is 47.8 Å². The van der Waals surface area contributed by atoms with Gasteiger partial charge >= 0.3 is 0 Å². The predicted molar refractivity (Wildman–Crippen MR) is 96.9 cm³/mol. The second-order valence-corrected chi connectivity index (χ2v) is 7.27. The van der Waals surface area contributed by atoms with Crippen LogP contribution in [0, 0.1) is 11.3 Å². The first-order chi connectivity index (χ1) is 11.8. The number of ether oxygens (including phenoxy) is 1. The van der Waals surface area contributed by atoms with Gasteiger partial charge in [-0.05, 0) is 23.6 Å². The van der Waals surface area contributed by atoms with Crippen LogP contribution < -0.4 is 10.1 Å². The molecule has 0 fully saturated rings. The smallest absolute Gasteiger partial charge is 0.225 e. The highest BCUT2D eigenvalue weighted by molar-refractivity contribution is 8.03. The van der Waals surface area contributed by atoms with Crippen LogP contribution in [-0.4, -0.2) is 18.3 Å². The van der Waals surface area contributed by atoms with Crippen LogP contribution in [0.25, 0.3) is 0 Å². The summed E-state index contributed by atoms with van der Waals surface area (Å²) in [5, 5.41) is 15.0. The molecule has 1 aromatic heterocycles. The molecule has 122 valence electrons. The van der Waals surface area contributed by atoms with Crippen LogP contribution >= 0.6 is 23.1 Å². The van der Waals surface area contributed by atoms with E-state index in [9.17, 15) is 10.1 Å². The second-order valence-electron chi connectivity index (χ2n) is 5.18. The number of para-hydroxylation sites is 1. The lowest BCUT2D eigenvalue weighted by molar-refractivity contribution is -0.120. The second kappa shape index (κ2) is 8.04. The molecular weight excluding hydrogens is 340 g/mol. The molecule has 4 nitrogen and oxygen atoms in total. The molecular formula is C18H16N2O2S2. The van der Waals surface area contributed by atoms with Crippen LogP contribution in [0.3, 0.4) is 0 Å². The van der Waals surface area contributed by atoms with Gasteiger partial charge in [-0.15, -0.1) is 23.1 Å². The van der Waals surface area contributed by atoms with Crippen LogP contribution in [0.2, 0.25) is 0 Å². The summed E-state index contributed by atoms with van der Waals surface area (Å²) in [4.78, 5) is 13.1. The molecule has 1 atom stereocenters. The minimum Gasteiger partial charge on any atom is -0.493 e. The zero-order valence-electron chi connectivity index (χ0n) is 12.9. The van der Waals surface area contributed by atoms with E-state index in [4.69, 9.17) is 4.74 Å². The van der Waals surface area contributed by atoms with Crippen LogP contribution in [0.4, 0.5) is 0 Å². The Bertz CT molecular complexity index is 764. The van der Waals surface area contributed by atoms with Crippen molar-refractivity contribution in [2.24, 2.45) is 0 Å². The molecule has 0 saturated heterocycles. The summed E-state index contributed by atoms with van der Waals surface area (Å²) in [6, 6.07) is 15.8. The number of carbonyl (C=O) groups excluding carboxylic acids is 1. The lowest BCUT2D eigenvalue weighted by Gasteiger charge is -2.24. The van der Waals surface area contributed by atoms with Gasteiger partial charge in [0.1, 0.15) is 5.75 Å². The number of nitrogens with one attached hydrogen (secondary N) is 1. The topological polar surface area (TPSA) is 62.1 Å². The van der Waals surface area contributed by atoms with Gasteiger partial charge in [0.25, 0.3) is 0 Å². The largest absolute Gasteiger partial charge is 0.493 e. The fourth-order valence-corrected chi connectivity index (χ4v) is 4.22. The highest BCUT2D eigenvalue weighted by Crippen LogP contribution is 2.37. The van der Waals surface area contributed by atoms with Gasteiger partial charge in [-0.1, -0.05) is 24.3 Å². The maximum absolute atomic E-state index is 12.0. The number of benzene rings is 1. The molecule has 0 bridgehead atoms. The van der Waals surface area contributed by atoms with Gasteiger partial charge in [0.05, 0.1) is 23.3 Å². The van der Waals surface area contributed by atoms with Gasteiger partial charge in [-0.3, -0.25) is 4.79 Å². The fraction of sp³-hybridized carbons (Fsp3) is 0.222. The number of rotatable bonds is 6. The number of carbonyl (C=O) groups is 1. The molecule has 0 unspecified atom stereocenters. The van der Waals surface area contributed by atoms with Gasteiger partial charge in [0.15, 0.2) is 0 Å². The Morgan fingerprint density at radius 1 is 1.29 bits per heavy atom. The van der Waals surface area contributed by atoms with E-state index >= 15 is 0 Å². The highest BCUT2D eigenvalue weighted by atomic mass is 32.2. The summed E-state index contributed by atoms with van der Waals surface area (Å²) < 4.78 is 5.65. The molecule has 24 heavy (non-hydrogen) atoms. The third-order valence-corrected chi connectivity index (χ3v) is 5.55. The number of nitriles is 1. The Labute approximate surface area is 149 Å². The average Bonchev–Trinajstić information content (AvgIpc) is 3.13. The highest BCUT2D eigenvalue weighted by Gasteiger charge is 2.30. The first-order valence-electron chi connectivity index (χ1n) is 7.56. The molecule has 0 aliphatic carbocycles. The lowest BCUT2D eigenvalue weighted by atomic mass is 9.93. The van der Waals surface area contributed by atoms with Crippen LogP contribution in [0.5, 0.6) is 5.75 Å². The minimum atomic E-state index is -0.138. The van der Waals surface area contributed by atoms with Crippen molar-refractivity contribution in [2.75, 3.05) is 12.4 Å². The molecule has 0 saturated carbocycles. The van der Waals surface area contributed by atoms with E-state index in [-0.39, 0.29) is 11.8 Å². The average molecular weight is 356 g/mol. The van der Waals surface area contributed by atoms with Crippen LogP contribution in [0.1, 0.15) is 17.2 Å². The number of thioether (sulfide) groups is 1. The van der Waals surface area contributed by atoms with Crippen molar-refractivity contribution in [2.45, 2.75) is 12.3 Å². The first kappa shape index (κ1) is 16.6. The van der Waals surface area contributed by atoms with Gasteiger partial charge in [0.2, 0.25) is 5.91 Å². The van der Waals surface area contributed by atoms with Crippen molar-refractivity contribution in [3.8, 4) is 11.8 Å². The van der Waals surface area contributed by atoms with Gasteiger partial charge in [0, 0.05) is 23.0 Å². The zero-order chi connectivity index (χ0) is 16.8. The van der Waals surface area contributed by atoms with Gasteiger partial charge in [-0.25, -0.2) is 0 Å². The molecule has 6 heteroatoms. The monoisotopic (exact) mass is 356 g/mol. The van der Waals surface area contributed by atoms with E-state index in [0.717, 1.165) is 10.6 Å². The van der Waals surface area contributed by atoms with Crippen molar-refractivity contribution in [1.29, 1.82) is 5.26 Å². The van der Waals surface area contributed by atoms with Crippen molar-refractivity contribution >= 4 is 29.0 Å². The number of hydrogen-bond donors (Lipinski definition) is 1. The molecule has 2 heterocycles. The molecule has 1 amide bonds. The first-order valence-corrected chi connectivity index (χ1v) is 9.42. The quantitative estimate of drug-likeness (QED) is 0.798. The standard InChI is InChI=1S/C18H16N2O2S2/c19-12-15-14(16-7-4-9-23-16)11-17(21)20-18(15)24-10-8-22-13-5-2-1-3-6-13/h1-7,9,14H,8,10-11H2,(H,20,21)/t14-/m0/s1. The predicted octanol–water partition coefficient (Wildman–Crippen LogP) is 3.90. The summed E-state index contributed by atoms with van der Waals surface area (Å²) in [7, 11) is 0. The van der Waals surface area contributed by atoms with Crippen LogP contribution in [0.15, 0.2) is 58.4 Å². The number of amides is 1. The van der Waals surface area contributed by atoms with Crippen molar-refractivity contribution in [3.63, 3.8) is 0 Å². The zero-order valence-corrected chi connectivity index (χ0v) is 14.5. The van der Waals surface area contributed by atoms with Crippen molar-refractivity contribution < 1.29 is 9.53 Å². The van der Waals surface area contributed by atoms with Gasteiger partial charge in [-0.2, -0.15) is 5.26 Å². The molecule has 0 radical (unpaired) electrons. The number of nitrogens with zero attached hydrogens (tertiary/aromatic N) is 1. The summed E-state index contributed by atoms with van der Waals surface area (Å²) in [6.07, 6.45) is 0.327. The number of thiophene rings is 1. The third-order valence-electron chi connectivity index (χ3n) is 3.58. The van der Waals surface area contributed by atoms with E-state index in [1.54, 1.807) is 11.3 Å². The minimum absolute atomic E-state index is 0.0427. The Kier molecular flexibility index (Phi) is 5.57. The molecule has 3 rings (SSSR count). The Morgan fingerprint density at radius 2 is 2.12 bits per heavy atom. The molecule has 2 aromatic rings. The Balaban J connectivity index is 1.65. The summed E-state index contributed by atoms with van der Waals surface area (Å²) in [5.74, 6) is 1.30. The maximum atomic E-state index is 12.0.